The molecule has 33 heavy (non-hydrogen) atoms. The molecule has 2 aliphatic rings. The van der Waals surface area contributed by atoms with E-state index in [1.807, 2.05) is 56.3 Å². The zero-order valence-electron chi connectivity index (χ0n) is 18.4. The van der Waals surface area contributed by atoms with Crippen LogP contribution in [0.15, 0.2) is 46.9 Å². The Hall–Kier alpha value is -2.91. The van der Waals surface area contributed by atoms with Gasteiger partial charge in [0.1, 0.15) is 24.4 Å². The van der Waals surface area contributed by atoms with Crippen LogP contribution in [-0.2, 0) is 32.3 Å². The first-order chi connectivity index (χ1) is 15.9. The first-order valence-electron chi connectivity index (χ1n) is 10.8. The van der Waals surface area contributed by atoms with Gasteiger partial charge in [0, 0.05) is 21.2 Å². The number of halogens is 1. The summed E-state index contributed by atoms with van der Waals surface area (Å²) in [5, 5.41) is 2.70. The molecule has 9 heteroatoms. The van der Waals surface area contributed by atoms with E-state index in [4.69, 9.17) is 14.2 Å². The number of nitrogens with zero attached hydrogens (tertiary/aromatic N) is 1. The SMILES string of the molecule is CCC1(CC)NC(=O)N(CC(=O)OCc2cc(Br)cc3c2O[C@@H](c2ccccc2)OC3)C1=O. The van der Waals surface area contributed by atoms with E-state index >= 15 is 0 Å². The number of carbonyl (C=O) groups is 3. The zero-order chi connectivity index (χ0) is 23.6. The molecule has 0 bridgehead atoms. The highest BCUT2D eigenvalue weighted by atomic mass is 79.9. The molecule has 1 saturated heterocycles. The molecule has 0 aromatic heterocycles. The molecule has 3 amide bonds. The lowest BCUT2D eigenvalue weighted by molar-refractivity contribution is -0.149. The average molecular weight is 517 g/mol. The third-order valence-corrected chi connectivity index (χ3v) is 6.48. The lowest BCUT2D eigenvalue weighted by Gasteiger charge is -2.28. The van der Waals surface area contributed by atoms with Gasteiger partial charge in [0.2, 0.25) is 6.29 Å². The Kier molecular flexibility index (Phi) is 6.71. The molecule has 2 aromatic rings. The number of rotatable bonds is 7. The lowest BCUT2D eigenvalue weighted by atomic mass is 9.93. The molecule has 2 aromatic carbocycles. The number of hydrogen-bond acceptors (Lipinski definition) is 6. The molecule has 1 atom stereocenters. The first-order valence-corrected chi connectivity index (χ1v) is 11.6. The van der Waals surface area contributed by atoms with Crippen molar-refractivity contribution in [1.82, 2.24) is 10.2 Å². The van der Waals surface area contributed by atoms with Crippen molar-refractivity contribution in [3.63, 3.8) is 0 Å². The van der Waals surface area contributed by atoms with Crippen LogP contribution in [0.5, 0.6) is 5.75 Å². The van der Waals surface area contributed by atoms with E-state index in [-0.39, 0.29) is 6.61 Å². The minimum absolute atomic E-state index is 0.0710. The highest BCUT2D eigenvalue weighted by Crippen LogP contribution is 2.38. The molecule has 0 spiro atoms. The van der Waals surface area contributed by atoms with Crippen molar-refractivity contribution in [3.8, 4) is 5.75 Å². The van der Waals surface area contributed by atoms with Crippen molar-refractivity contribution in [3.05, 3.63) is 63.6 Å². The number of nitrogens with one attached hydrogen (secondary N) is 1. The molecule has 1 fully saturated rings. The second-order valence-corrected chi connectivity index (χ2v) is 8.91. The molecule has 4 rings (SSSR count). The average Bonchev–Trinajstić information content (AvgIpc) is 3.07. The van der Waals surface area contributed by atoms with E-state index in [2.05, 4.69) is 21.2 Å². The van der Waals surface area contributed by atoms with Gasteiger partial charge in [-0.15, -0.1) is 0 Å². The number of carbonyl (C=O) groups excluding carboxylic acids is 3. The van der Waals surface area contributed by atoms with Crippen LogP contribution in [-0.4, -0.2) is 34.9 Å². The number of esters is 1. The van der Waals surface area contributed by atoms with Crippen molar-refractivity contribution in [2.24, 2.45) is 0 Å². The summed E-state index contributed by atoms with van der Waals surface area (Å²) in [5.41, 5.74) is 1.40. The van der Waals surface area contributed by atoms with Gasteiger partial charge >= 0.3 is 12.0 Å². The van der Waals surface area contributed by atoms with Crippen LogP contribution < -0.4 is 10.1 Å². The summed E-state index contributed by atoms with van der Waals surface area (Å²) < 4.78 is 18.2. The van der Waals surface area contributed by atoms with Gasteiger partial charge < -0.3 is 19.5 Å². The fourth-order valence-corrected chi connectivity index (χ4v) is 4.59. The number of amides is 3. The predicted octanol–water partition coefficient (Wildman–Crippen LogP) is 4.21. The molecule has 0 aliphatic carbocycles. The van der Waals surface area contributed by atoms with Crippen molar-refractivity contribution < 1.29 is 28.6 Å². The maximum atomic E-state index is 12.7. The lowest BCUT2D eigenvalue weighted by Crippen LogP contribution is -2.46. The maximum absolute atomic E-state index is 12.7. The van der Waals surface area contributed by atoms with Crippen LogP contribution in [0.3, 0.4) is 0 Å². The molecule has 2 heterocycles. The molecule has 0 radical (unpaired) electrons. The van der Waals surface area contributed by atoms with Crippen LogP contribution in [0.4, 0.5) is 4.79 Å². The number of ether oxygens (including phenoxy) is 3. The first kappa shape index (κ1) is 23.3. The van der Waals surface area contributed by atoms with E-state index in [1.165, 1.54) is 0 Å². The number of imide groups is 1. The van der Waals surface area contributed by atoms with E-state index < -0.39 is 36.3 Å². The zero-order valence-corrected chi connectivity index (χ0v) is 20.0. The van der Waals surface area contributed by atoms with Gasteiger partial charge in [0.05, 0.1) is 6.61 Å². The minimum atomic E-state index is -0.957. The predicted molar refractivity (Wildman–Crippen MR) is 122 cm³/mol. The topological polar surface area (TPSA) is 94.2 Å². The second-order valence-electron chi connectivity index (χ2n) is 8.00. The fourth-order valence-electron chi connectivity index (χ4n) is 4.04. The van der Waals surface area contributed by atoms with Crippen molar-refractivity contribution in [2.45, 2.75) is 51.7 Å². The van der Waals surface area contributed by atoms with Gasteiger partial charge in [-0.1, -0.05) is 60.1 Å². The monoisotopic (exact) mass is 516 g/mol. The minimum Gasteiger partial charge on any atom is -0.460 e. The molecule has 2 aliphatic heterocycles. The van der Waals surface area contributed by atoms with E-state index in [0.717, 1.165) is 20.5 Å². The number of hydrogen-bond donors (Lipinski definition) is 1. The van der Waals surface area contributed by atoms with Crippen molar-refractivity contribution in [2.75, 3.05) is 6.54 Å². The fraction of sp³-hybridized carbons (Fsp3) is 0.375. The van der Waals surface area contributed by atoms with E-state index in [0.29, 0.717) is 30.8 Å². The third-order valence-electron chi connectivity index (χ3n) is 6.02. The Balaban J connectivity index is 1.45. The number of fused-ring (bicyclic) bond motifs is 1. The summed E-state index contributed by atoms with van der Waals surface area (Å²) in [5.74, 6) is -0.487. The Labute approximate surface area is 200 Å². The van der Waals surface area contributed by atoms with Crippen LogP contribution in [0.25, 0.3) is 0 Å². The normalized spacial score (nSPS) is 19.0. The molecule has 1 N–H and O–H groups in total. The maximum Gasteiger partial charge on any atom is 0.326 e. The standard InChI is InChI=1S/C24H25BrN2O6/c1-3-24(4-2)22(29)27(23(30)26-24)12-19(28)31-13-16-10-18(25)11-17-14-32-21(33-20(16)17)15-8-6-5-7-9-15/h5-11,21H,3-4,12-14H2,1-2H3,(H,26,30)/t21-/m0/s1. The Morgan fingerprint density at radius 2 is 1.94 bits per heavy atom. The molecule has 0 saturated carbocycles. The largest absolute Gasteiger partial charge is 0.460 e. The van der Waals surface area contributed by atoms with Gasteiger partial charge in [0.15, 0.2) is 0 Å². The highest BCUT2D eigenvalue weighted by molar-refractivity contribution is 9.10. The number of benzene rings is 2. The molecular formula is C24H25BrN2O6. The van der Waals surface area contributed by atoms with Crippen molar-refractivity contribution >= 4 is 33.8 Å². The Morgan fingerprint density at radius 3 is 2.61 bits per heavy atom. The van der Waals surface area contributed by atoms with Crippen LogP contribution in [0, 0.1) is 0 Å². The Morgan fingerprint density at radius 1 is 1.21 bits per heavy atom. The van der Waals surface area contributed by atoms with Gasteiger partial charge in [-0.3, -0.25) is 14.5 Å². The highest BCUT2D eigenvalue weighted by Gasteiger charge is 2.49. The molecule has 8 nitrogen and oxygen atoms in total. The van der Waals surface area contributed by atoms with E-state index in [1.54, 1.807) is 0 Å². The summed E-state index contributed by atoms with van der Waals surface area (Å²) in [4.78, 5) is 38.4. The Bertz CT molecular complexity index is 1070. The van der Waals surface area contributed by atoms with E-state index in [9.17, 15) is 14.4 Å². The summed E-state index contributed by atoms with van der Waals surface area (Å²) in [6.45, 7) is 3.48. The quantitative estimate of drug-likeness (QED) is 0.437. The molecule has 0 unspecified atom stereocenters. The molecular weight excluding hydrogens is 492 g/mol. The third kappa shape index (κ3) is 4.60. The summed E-state index contributed by atoms with van der Waals surface area (Å²) >= 11 is 3.47. The summed E-state index contributed by atoms with van der Waals surface area (Å²) in [6, 6.07) is 12.7. The number of urea groups is 1. The summed E-state index contributed by atoms with van der Waals surface area (Å²) in [6.07, 6.45) is 0.328. The van der Waals surface area contributed by atoms with Crippen LogP contribution >= 0.6 is 15.9 Å². The summed E-state index contributed by atoms with van der Waals surface area (Å²) in [7, 11) is 0. The second kappa shape index (κ2) is 9.52. The smallest absolute Gasteiger partial charge is 0.326 e. The van der Waals surface area contributed by atoms with Crippen molar-refractivity contribution in [1.29, 1.82) is 0 Å². The van der Waals surface area contributed by atoms with Crippen LogP contribution in [0.2, 0.25) is 0 Å². The van der Waals surface area contributed by atoms with Gasteiger partial charge in [-0.2, -0.15) is 0 Å². The van der Waals surface area contributed by atoms with Gasteiger partial charge in [0.25, 0.3) is 5.91 Å². The van der Waals surface area contributed by atoms with Gasteiger partial charge in [-0.25, -0.2) is 4.79 Å². The molecule has 174 valence electrons. The van der Waals surface area contributed by atoms with Gasteiger partial charge in [-0.05, 0) is 25.0 Å². The van der Waals surface area contributed by atoms with Crippen LogP contribution in [0.1, 0.15) is 49.7 Å².